The van der Waals surface area contributed by atoms with E-state index in [1.54, 1.807) is 32.2 Å². The van der Waals surface area contributed by atoms with Crippen molar-refractivity contribution in [3.05, 3.63) is 125 Å². The van der Waals surface area contributed by atoms with Crippen molar-refractivity contribution in [3.8, 4) is 5.75 Å². The molecule has 0 amide bonds. The van der Waals surface area contributed by atoms with E-state index < -0.39 is 17.8 Å². The van der Waals surface area contributed by atoms with Gasteiger partial charge in [-0.2, -0.15) is 0 Å². The Labute approximate surface area is 230 Å². The molecule has 1 unspecified atom stereocenters. The minimum Gasteiger partial charge on any atom is -0.497 e. The lowest BCUT2D eigenvalue weighted by atomic mass is 9.93. The predicted molar refractivity (Wildman–Crippen MR) is 148 cm³/mol. The van der Waals surface area contributed by atoms with Gasteiger partial charge in [0.15, 0.2) is 4.80 Å². The minimum atomic E-state index is -0.864. The molecule has 4 aromatic rings. The quantitative estimate of drug-likeness (QED) is 0.300. The molecule has 0 bridgehead atoms. The first-order valence-electron chi connectivity index (χ1n) is 11.8. The van der Waals surface area contributed by atoms with Crippen molar-refractivity contribution in [3.63, 3.8) is 0 Å². The fraction of sp³-hybridized carbons (Fsp3) is 0.138. The SMILES string of the molecule is CCOC(=O)C1=C(c2ccccc2)N=c2sc(=Cc3cc(OC)ccc3Br)c(=O)n2C1c1ccc(F)cc1. The number of carbonyl (C=O) groups is 1. The van der Waals surface area contributed by atoms with Crippen LogP contribution in [0, 0.1) is 5.82 Å². The number of benzene rings is 3. The fourth-order valence-corrected chi connectivity index (χ4v) is 5.65. The number of fused-ring (bicyclic) bond motifs is 1. The summed E-state index contributed by atoms with van der Waals surface area (Å²) < 4.78 is 27.4. The van der Waals surface area contributed by atoms with Crippen LogP contribution in [0.1, 0.15) is 29.7 Å². The zero-order valence-corrected chi connectivity index (χ0v) is 22.9. The number of hydrogen-bond acceptors (Lipinski definition) is 6. The summed E-state index contributed by atoms with van der Waals surface area (Å²) in [4.78, 5) is 32.5. The van der Waals surface area contributed by atoms with Crippen molar-refractivity contribution in [1.82, 2.24) is 4.57 Å². The van der Waals surface area contributed by atoms with E-state index in [1.165, 1.54) is 28.0 Å². The van der Waals surface area contributed by atoms with E-state index in [2.05, 4.69) is 15.9 Å². The molecule has 0 spiro atoms. The summed E-state index contributed by atoms with van der Waals surface area (Å²) in [5, 5.41) is 0. The highest BCUT2D eigenvalue weighted by Crippen LogP contribution is 2.35. The van der Waals surface area contributed by atoms with Gasteiger partial charge in [0.2, 0.25) is 0 Å². The molecule has 1 aromatic heterocycles. The molecule has 0 radical (unpaired) electrons. The fourth-order valence-electron chi connectivity index (χ4n) is 4.30. The van der Waals surface area contributed by atoms with Crippen LogP contribution in [0.15, 0.2) is 92.6 Å². The lowest BCUT2D eigenvalue weighted by Gasteiger charge is -2.25. The van der Waals surface area contributed by atoms with Crippen LogP contribution >= 0.6 is 27.3 Å². The molecule has 192 valence electrons. The van der Waals surface area contributed by atoms with E-state index in [1.807, 2.05) is 48.5 Å². The molecule has 38 heavy (non-hydrogen) atoms. The van der Waals surface area contributed by atoms with Crippen molar-refractivity contribution in [2.24, 2.45) is 4.99 Å². The van der Waals surface area contributed by atoms with Crippen LogP contribution in [0.4, 0.5) is 4.39 Å². The minimum absolute atomic E-state index is 0.148. The number of aromatic nitrogens is 1. The second kappa shape index (κ2) is 10.9. The number of thiazole rings is 1. The van der Waals surface area contributed by atoms with Crippen LogP contribution in [0.2, 0.25) is 0 Å². The summed E-state index contributed by atoms with van der Waals surface area (Å²) in [7, 11) is 1.58. The third kappa shape index (κ3) is 4.87. The van der Waals surface area contributed by atoms with Crippen molar-refractivity contribution in [2.75, 3.05) is 13.7 Å². The lowest BCUT2D eigenvalue weighted by molar-refractivity contribution is -0.138. The van der Waals surface area contributed by atoms with Crippen LogP contribution in [0.25, 0.3) is 11.8 Å². The molecule has 1 atom stereocenters. The molecule has 0 aliphatic carbocycles. The number of rotatable bonds is 6. The van der Waals surface area contributed by atoms with Crippen molar-refractivity contribution in [1.29, 1.82) is 0 Å². The van der Waals surface area contributed by atoms with E-state index in [4.69, 9.17) is 14.5 Å². The van der Waals surface area contributed by atoms with Gasteiger partial charge in [0.05, 0.1) is 35.6 Å². The second-order valence-corrected chi connectivity index (χ2v) is 10.2. The Balaban J connectivity index is 1.83. The number of ether oxygens (including phenoxy) is 2. The summed E-state index contributed by atoms with van der Waals surface area (Å²) in [6.07, 6.45) is 1.76. The lowest BCUT2D eigenvalue weighted by Crippen LogP contribution is -2.40. The maximum Gasteiger partial charge on any atom is 0.338 e. The first kappa shape index (κ1) is 25.8. The summed E-state index contributed by atoms with van der Waals surface area (Å²) in [6, 6.07) is 19.6. The topological polar surface area (TPSA) is 69.9 Å². The molecule has 3 aromatic carbocycles. The second-order valence-electron chi connectivity index (χ2n) is 8.37. The van der Waals surface area contributed by atoms with Gasteiger partial charge in [-0.15, -0.1) is 0 Å². The maximum absolute atomic E-state index is 13.9. The standard InChI is InChI=1S/C29H22BrFN2O4S/c1-3-37-28(35)24-25(17-7-5-4-6-8-17)32-29-33(26(24)18-9-11-20(31)12-10-18)27(34)23(38-29)16-19-15-21(36-2)13-14-22(19)30/h4-16,26H,3H2,1-2H3. The monoisotopic (exact) mass is 592 g/mol. The van der Waals surface area contributed by atoms with Crippen LogP contribution < -0.4 is 19.6 Å². The molecule has 0 saturated heterocycles. The average Bonchev–Trinajstić information content (AvgIpc) is 3.24. The number of hydrogen-bond donors (Lipinski definition) is 0. The maximum atomic E-state index is 13.9. The smallest absolute Gasteiger partial charge is 0.338 e. The highest BCUT2D eigenvalue weighted by molar-refractivity contribution is 9.10. The zero-order chi connectivity index (χ0) is 26.8. The van der Waals surface area contributed by atoms with Crippen molar-refractivity contribution >= 4 is 45.0 Å². The van der Waals surface area contributed by atoms with Gasteiger partial charge in [-0.3, -0.25) is 9.36 Å². The van der Waals surface area contributed by atoms with Gasteiger partial charge in [0.25, 0.3) is 5.56 Å². The van der Waals surface area contributed by atoms with Gasteiger partial charge < -0.3 is 9.47 Å². The molecule has 0 saturated carbocycles. The van der Waals surface area contributed by atoms with E-state index in [9.17, 15) is 14.0 Å². The summed E-state index contributed by atoms with van der Waals surface area (Å²) >= 11 is 4.75. The number of halogens is 2. The largest absolute Gasteiger partial charge is 0.497 e. The highest BCUT2D eigenvalue weighted by Gasteiger charge is 2.35. The van der Waals surface area contributed by atoms with Gasteiger partial charge >= 0.3 is 5.97 Å². The molecule has 2 heterocycles. The number of nitrogens with zero attached hydrogens (tertiary/aromatic N) is 2. The Kier molecular flexibility index (Phi) is 7.40. The number of methoxy groups -OCH3 is 1. The van der Waals surface area contributed by atoms with Gasteiger partial charge in [-0.1, -0.05) is 69.7 Å². The van der Waals surface area contributed by atoms with Crippen LogP contribution in [-0.2, 0) is 9.53 Å². The Bertz CT molecular complexity index is 1730. The zero-order valence-electron chi connectivity index (χ0n) is 20.5. The summed E-state index contributed by atoms with van der Waals surface area (Å²) in [5.41, 5.74) is 2.32. The number of carbonyl (C=O) groups excluding carboxylic acids is 1. The summed E-state index contributed by atoms with van der Waals surface area (Å²) in [5.74, 6) is -0.365. The molecule has 9 heteroatoms. The molecular formula is C29H22BrFN2O4S. The first-order chi connectivity index (χ1) is 18.4. The Morgan fingerprint density at radius 3 is 2.55 bits per heavy atom. The van der Waals surface area contributed by atoms with Gasteiger partial charge in [0, 0.05) is 10.0 Å². The van der Waals surface area contributed by atoms with Gasteiger partial charge in [-0.05, 0) is 54.5 Å². The third-order valence-corrected chi connectivity index (χ3v) is 7.75. The number of esters is 1. The Morgan fingerprint density at radius 1 is 1.13 bits per heavy atom. The van der Waals surface area contributed by atoms with Crippen LogP contribution in [0.3, 0.4) is 0 Å². The van der Waals surface area contributed by atoms with Gasteiger partial charge in [-0.25, -0.2) is 14.2 Å². The molecule has 5 rings (SSSR count). The predicted octanol–water partition coefficient (Wildman–Crippen LogP) is 4.85. The van der Waals surface area contributed by atoms with E-state index in [-0.39, 0.29) is 17.7 Å². The van der Waals surface area contributed by atoms with E-state index >= 15 is 0 Å². The Hall–Kier alpha value is -3.82. The van der Waals surface area contributed by atoms with Crippen LogP contribution in [-0.4, -0.2) is 24.3 Å². The van der Waals surface area contributed by atoms with E-state index in [0.717, 1.165) is 10.0 Å². The summed E-state index contributed by atoms with van der Waals surface area (Å²) in [6.45, 7) is 1.86. The molecule has 6 nitrogen and oxygen atoms in total. The van der Waals surface area contributed by atoms with Crippen molar-refractivity contribution < 1.29 is 18.7 Å². The molecule has 1 aliphatic heterocycles. The molecule has 1 aliphatic rings. The molecular weight excluding hydrogens is 571 g/mol. The van der Waals surface area contributed by atoms with E-state index in [0.29, 0.717) is 31.9 Å². The van der Waals surface area contributed by atoms with Crippen LogP contribution in [0.5, 0.6) is 5.75 Å². The first-order valence-corrected chi connectivity index (χ1v) is 13.4. The Morgan fingerprint density at radius 2 is 1.87 bits per heavy atom. The third-order valence-electron chi connectivity index (χ3n) is 6.05. The van der Waals surface area contributed by atoms with Gasteiger partial charge in [0.1, 0.15) is 11.6 Å². The normalized spacial score (nSPS) is 15.2. The molecule has 0 fully saturated rings. The highest BCUT2D eigenvalue weighted by atomic mass is 79.9. The molecule has 0 N–H and O–H groups in total. The van der Waals surface area contributed by atoms with Crippen molar-refractivity contribution in [2.45, 2.75) is 13.0 Å². The average molecular weight is 593 g/mol.